The fourth-order valence-electron chi connectivity index (χ4n) is 8.53. The van der Waals surface area contributed by atoms with Crippen molar-refractivity contribution in [2.45, 2.75) is 5.41 Å². The summed E-state index contributed by atoms with van der Waals surface area (Å²) < 4.78 is 0. The maximum atomic E-state index is 9.62. The maximum Gasteiger partial charge on any atom is 0.0991 e. The molecule has 0 heterocycles. The zero-order valence-electron chi connectivity index (χ0n) is 26.1. The molecule has 0 unspecified atom stereocenters. The fourth-order valence-corrected chi connectivity index (χ4v) is 8.53. The molecule has 0 bridgehead atoms. The summed E-state index contributed by atoms with van der Waals surface area (Å²) >= 11 is 0. The summed E-state index contributed by atoms with van der Waals surface area (Å²) in [5.74, 6) is 0. The van der Waals surface area contributed by atoms with Crippen molar-refractivity contribution in [2.75, 3.05) is 4.90 Å². The summed E-state index contributed by atoms with van der Waals surface area (Å²) in [6, 6.07) is 63.7. The van der Waals surface area contributed by atoms with Crippen LogP contribution in [0.4, 0.5) is 17.1 Å². The van der Waals surface area contributed by atoms with Gasteiger partial charge in [0.15, 0.2) is 0 Å². The van der Waals surface area contributed by atoms with Crippen LogP contribution in [0.15, 0.2) is 170 Å². The third-order valence-corrected chi connectivity index (χ3v) is 10.4. The lowest BCUT2D eigenvalue weighted by Crippen LogP contribution is -2.26. The zero-order valence-corrected chi connectivity index (χ0v) is 26.1. The van der Waals surface area contributed by atoms with Gasteiger partial charge in [-0.25, -0.2) is 0 Å². The maximum absolute atomic E-state index is 9.62. The summed E-state index contributed by atoms with van der Waals surface area (Å²) in [5.41, 5.74) is 13.8. The van der Waals surface area contributed by atoms with E-state index in [1.807, 2.05) is 12.1 Å². The van der Waals surface area contributed by atoms with Gasteiger partial charge in [-0.3, -0.25) is 0 Å². The lowest BCUT2D eigenvalue weighted by molar-refractivity contribution is 0.795. The molecule has 2 aliphatic rings. The van der Waals surface area contributed by atoms with Crippen molar-refractivity contribution in [3.63, 3.8) is 0 Å². The van der Waals surface area contributed by atoms with Gasteiger partial charge in [0.25, 0.3) is 0 Å². The molecule has 222 valence electrons. The van der Waals surface area contributed by atoms with Gasteiger partial charge in [-0.1, -0.05) is 115 Å². The molecule has 0 N–H and O–H groups in total. The molecule has 0 atom stereocenters. The Morgan fingerprint density at radius 3 is 1.69 bits per heavy atom. The van der Waals surface area contributed by atoms with Gasteiger partial charge in [-0.05, 0) is 115 Å². The smallest absolute Gasteiger partial charge is 0.0991 e. The Labute approximate surface area is 279 Å². The average molecular weight is 609 g/mol. The SMILES string of the molecule is N#Cc1ccc(N(c2ccccc2)c2cc3c(c4ccccc24)-c2cc4ccccc4cc2C32c3ccccc3-c3ccccc32)cc1. The molecule has 2 aliphatic carbocycles. The first-order valence-electron chi connectivity index (χ1n) is 16.4. The van der Waals surface area contributed by atoms with Gasteiger partial charge in [0.05, 0.1) is 22.7 Å². The van der Waals surface area contributed by atoms with Crippen LogP contribution < -0.4 is 4.90 Å². The summed E-state index contributed by atoms with van der Waals surface area (Å²) in [4.78, 5) is 2.35. The van der Waals surface area contributed by atoms with Crippen LogP contribution in [-0.4, -0.2) is 0 Å². The van der Waals surface area contributed by atoms with E-state index in [2.05, 4.69) is 169 Å². The normalized spacial score (nSPS) is 13.1. The van der Waals surface area contributed by atoms with Crippen molar-refractivity contribution in [3.8, 4) is 28.3 Å². The topological polar surface area (TPSA) is 27.0 Å². The second kappa shape index (κ2) is 10.0. The van der Waals surface area contributed by atoms with Crippen molar-refractivity contribution in [1.29, 1.82) is 5.26 Å². The number of hydrogen-bond acceptors (Lipinski definition) is 2. The van der Waals surface area contributed by atoms with Gasteiger partial charge in [0.2, 0.25) is 0 Å². The van der Waals surface area contributed by atoms with Gasteiger partial charge < -0.3 is 4.90 Å². The molecule has 8 aromatic rings. The number of hydrogen-bond donors (Lipinski definition) is 0. The molecule has 0 saturated heterocycles. The minimum atomic E-state index is -0.492. The van der Waals surface area contributed by atoms with Crippen LogP contribution in [0.3, 0.4) is 0 Å². The highest BCUT2D eigenvalue weighted by Gasteiger charge is 2.52. The number of anilines is 3. The third kappa shape index (κ3) is 3.51. The Morgan fingerprint density at radius 2 is 1.00 bits per heavy atom. The molecule has 8 aromatic carbocycles. The van der Waals surface area contributed by atoms with Gasteiger partial charge in [-0.2, -0.15) is 5.26 Å². The number of nitriles is 1. The lowest BCUT2D eigenvalue weighted by Gasteiger charge is -2.33. The van der Waals surface area contributed by atoms with E-state index in [4.69, 9.17) is 0 Å². The van der Waals surface area contributed by atoms with E-state index in [0.29, 0.717) is 5.56 Å². The molecule has 2 nitrogen and oxygen atoms in total. The number of benzene rings is 8. The zero-order chi connectivity index (χ0) is 31.8. The monoisotopic (exact) mass is 608 g/mol. The molecule has 0 radical (unpaired) electrons. The van der Waals surface area contributed by atoms with Crippen molar-refractivity contribution >= 4 is 38.6 Å². The minimum Gasteiger partial charge on any atom is -0.310 e. The van der Waals surface area contributed by atoms with Crippen LogP contribution in [-0.2, 0) is 5.41 Å². The van der Waals surface area contributed by atoms with Crippen LogP contribution in [0, 0.1) is 11.3 Å². The lowest BCUT2D eigenvalue weighted by atomic mass is 9.70. The van der Waals surface area contributed by atoms with Gasteiger partial charge >= 0.3 is 0 Å². The highest BCUT2D eigenvalue weighted by atomic mass is 15.1. The molecule has 1 spiro atoms. The molecular formula is C46H28N2. The molecule has 10 rings (SSSR count). The summed E-state index contributed by atoms with van der Waals surface area (Å²) in [5, 5.41) is 14.5. The molecule has 0 amide bonds. The van der Waals surface area contributed by atoms with Crippen LogP contribution >= 0.6 is 0 Å². The molecule has 48 heavy (non-hydrogen) atoms. The van der Waals surface area contributed by atoms with Crippen molar-refractivity contribution in [1.82, 2.24) is 0 Å². The van der Waals surface area contributed by atoms with Crippen molar-refractivity contribution < 1.29 is 0 Å². The number of para-hydroxylation sites is 1. The second-order valence-electron chi connectivity index (χ2n) is 12.8. The molecule has 0 aromatic heterocycles. The van der Waals surface area contributed by atoms with Crippen LogP contribution in [0.1, 0.15) is 27.8 Å². The van der Waals surface area contributed by atoms with Crippen LogP contribution in [0.5, 0.6) is 0 Å². The highest BCUT2D eigenvalue weighted by molar-refractivity contribution is 6.13. The Bertz CT molecular complexity index is 2580. The Kier molecular flexibility index (Phi) is 5.59. The van der Waals surface area contributed by atoms with Gasteiger partial charge in [-0.15, -0.1) is 0 Å². The number of rotatable bonds is 3. The predicted molar refractivity (Wildman–Crippen MR) is 197 cm³/mol. The first kappa shape index (κ1) is 26.8. The van der Waals surface area contributed by atoms with E-state index in [0.717, 1.165) is 17.1 Å². The van der Waals surface area contributed by atoms with E-state index in [1.54, 1.807) is 0 Å². The van der Waals surface area contributed by atoms with E-state index in [-0.39, 0.29) is 0 Å². The fraction of sp³-hybridized carbons (Fsp3) is 0.0217. The van der Waals surface area contributed by atoms with Crippen molar-refractivity contribution in [3.05, 3.63) is 198 Å². The van der Waals surface area contributed by atoms with E-state index in [9.17, 15) is 5.26 Å². The van der Waals surface area contributed by atoms with E-state index in [1.165, 1.54) is 66.1 Å². The predicted octanol–water partition coefficient (Wildman–Crippen LogP) is 11.7. The molecule has 0 saturated carbocycles. The minimum absolute atomic E-state index is 0.492. The Hall–Kier alpha value is -6.43. The second-order valence-corrected chi connectivity index (χ2v) is 12.8. The van der Waals surface area contributed by atoms with Crippen LogP contribution in [0.25, 0.3) is 43.8 Å². The Balaban J connectivity index is 1.39. The Morgan fingerprint density at radius 1 is 0.438 bits per heavy atom. The number of nitrogens with zero attached hydrogens (tertiary/aromatic N) is 2. The molecule has 2 heteroatoms. The summed E-state index contributed by atoms with van der Waals surface area (Å²) in [7, 11) is 0. The van der Waals surface area contributed by atoms with E-state index >= 15 is 0 Å². The first-order valence-corrected chi connectivity index (χ1v) is 16.4. The summed E-state index contributed by atoms with van der Waals surface area (Å²) in [6.07, 6.45) is 0. The molecule has 0 fully saturated rings. The van der Waals surface area contributed by atoms with Gasteiger partial charge in [0.1, 0.15) is 0 Å². The standard InChI is InChI=1S/C46H28N2/c47-29-30-22-24-34(25-23-30)48(33-14-2-1-3-15-33)44-28-43-45(38-19-7-6-18-37(38)44)39-26-31-12-4-5-13-32(31)27-42(39)46(43)40-20-10-8-16-35(40)36-17-9-11-21-41(36)46/h1-28H. The number of fused-ring (bicyclic) bond motifs is 13. The first-order chi connectivity index (χ1) is 23.8. The molecule has 0 aliphatic heterocycles. The van der Waals surface area contributed by atoms with Gasteiger partial charge in [0, 0.05) is 16.8 Å². The van der Waals surface area contributed by atoms with Crippen LogP contribution in [0.2, 0.25) is 0 Å². The third-order valence-electron chi connectivity index (χ3n) is 10.4. The largest absolute Gasteiger partial charge is 0.310 e. The summed E-state index contributed by atoms with van der Waals surface area (Å²) in [6.45, 7) is 0. The highest BCUT2D eigenvalue weighted by Crippen LogP contribution is 2.65. The average Bonchev–Trinajstić information content (AvgIpc) is 3.61. The molecular weight excluding hydrogens is 581 g/mol. The van der Waals surface area contributed by atoms with E-state index < -0.39 is 5.41 Å². The van der Waals surface area contributed by atoms with Crippen molar-refractivity contribution in [2.24, 2.45) is 0 Å². The quantitative estimate of drug-likeness (QED) is 0.199.